The van der Waals surface area contributed by atoms with E-state index in [1.165, 1.54) is 0 Å². The van der Waals surface area contributed by atoms with Gasteiger partial charge in [0, 0.05) is 44.1 Å². The lowest BCUT2D eigenvalue weighted by Gasteiger charge is -2.37. The van der Waals surface area contributed by atoms with Crippen LogP contribution >= 0.6 is 0 Å². The molecule has 0 aliphatic carbocycles. The van der Waals surface area contributed by atoms with Crippen LogP contribution in [-0.4, -0.2) is 61.2 Å². The number of anilines is 1. The minimum Gasteiger partial charge on any atom is -0.493 e. The Morgan fingerprint density at radius 1 is 1.19 bits per heavy atom. The monoisotopic (exact) mass is 370 g/mol. The number of nitrogens with zero attached hydrogens (tertiary/aromatic N) is 4. The number of aromatic nitrogens is 2. The number of piperidine rings is 1. The molecule has 0 N–H and O–H groups in total. The molecule has 1 aromatic heterocycles. The van der Waals surface area contributed by atoms with Crippen molar-refractivity contribution in [3.8, 4) is 11.5 Å². The van der Waals surface area contributed by atoms with Gasteiger partial charge in [-0.2, -0.15) is 0 Å². The lowest BCUT2D eigenvalue weighted by atomic mass is 10.0. The largest absolute Gasteiger partial charge is 0.493 e. The summed E-state index contributed by atoms with van der Waals surface area (Å²) in [7, 11) is 5.14. The normalized spacial score (nSPS) is 16.7. The fraction of sp³-hybridized carbons (Fsp3) is 0.450. The van der Waals surface area contributed by atoms with Crippen LogP contribution in [0.25, 0.3) is 0 Å². The predicted molar refractivity (Wildman–Crippen MR) is 104 cm³/mol. The molecule has 1 unspecified atom stereocenters. The van der Waals surface area contributed by atoms with Gasteiger partial charge in [-0.15, -0.1) is 0 Å². The summed E-state index contributed by atoms with van der Waals surface area (Å²) in [5, 5.41) is 0. The molecular formula is C20H26N4O3. The van der Waals surface area contributed by atoms with E-state index in [1.54, 1.807) is 32.4 Å². The van der Waals surface area contributed by atoms with Crippen molar-refractivity contribution in [2.24, 2.45) is 0 Å². The van der Waals surface area contributed by atoms with E-state index >= 15 is 0 Å². The van der Waals surface area contributed by atoms with E-state index in [1.807, 2.05) is 31.3 Å². The molecule has 3 rings (SSSR count). The van der Waals surface area contributed by atoms with Gasteiger partial charge in [0.2, 0.25) is 5.95 Å². The van der Waals surface area contributed by atoms with Gasteiger partial charge < -0.3 is 19.3 Å². The number of methoxy groups -OCH3 is 2. The van der Waals surface area contributed by atoms with Crippen LogP contribution in [0.1, 0.15) is 28.8 Å². The lowest BCUT2D eigenvalue weighted by molar-refractivity contribution is 0.0706. The zero-order chi connectivity index (χ0) is 19.4. The summed E-state index contributed by atoms with van der Waals surface area (Å²) in [6.07, 6.45) is 5.58. The first-order valence-electron chi connectivity index (χ1n) is 9.06. The van der Waals surface area contributed by atoms with Gasteiger partial charge in [0.15, 0.2) is 11.5 Å². The molecule has 7 nitrogen and oxygen atoms in total. The summed E-state index contributed by atoms with van der Waals surface area (Å²) in [4.78, 5) is 25.8. The van der Waals surface area contributed by atoms with Gasteiger partial charge in [0.05, 0.1) is 14.2 Å². The molecule has 0 saturated carbocycles. The molecule has 1 aliphatic heterocycles. The third-order valence-electron chi connectivity index (χ3n) is 4.94. The summed E-state index contributed by atoms with van der Waals surface area (Å²) in [5.41, 5.74) is 1.63. The lowest BCUT2D eigenvalue weighted by Crippen LogP contribution is -2.49. The van der Waals surface area contributed by atoms with Crippen molar-refractivity contribution in [3.63, 3.8) is 0 Å². The Morgan fingerprint density at radius 2 is 1.89 bits per heavy atom. The molecule has 1 saturated heterocycles. The molecule has 1 aromatic carbocycles. The van der Waals surface area contributed by atoms with Gasteiger partial charge in [-0.25, -0.2) is 9.97 Å². The number of carbonyl (C=O) groups is 1. The van der Waals surface area contributed by atoms with Gasteiger partial charge in [0.1, 0.15) is 0 Å². The van der Waals surface area contributed by atoms with Crippen molar-refractivity contribution < 1.29 is 14.3 Å². The van der Waals surface area contributed by atoms with Crippen molar-refractivity contribution in [1.29, 1.82) is 0 Å². The first-order chi connectivity index (χ1) is 13.0. The summed E-state index contributed by atoms with van der Waals surface area (Å²) < 4.78 is 10.6. The zero-order valence-corrected chi connectivity index (χ0v) is 16.3. The van der Waals surface area contributed by atoms with Crippen LogP contribution in [0.4, 0.5) is 5.95 Å². The Morgan fingerprint density at radius 3 is 2.56 bits per heavy atom. The van der Waals surface area contributed by atoms with Crippen molar-refractivity contribution in [3.05, 3.63) is 41.7 Å². The summed E-state index contributed by atoms with van der Waals surface area (Å²) in [6.45, 7) is 3.35. The fourth-order valence-corrected chi connectivity index (χ4v) is 3.34. The summed E-state index contributed by atoms with van der Waals surface area (Å²) >= 11 is 0. The Bertz CT molecular complexity index is 794. The molecule has 0 spiro atoms. The molecule has 1 fully saturated rings. The van der Waals surface area contributed by atoms with Gasteiger partial charge in [-0.3, -0.25) is 4.79 Å². The highest BCUT2D eigenvalue weighted by molar-refractivity contribution is 5.95. The van der Waals surface area contributed by atoms with Crippen molar-refractivity contribution in [2.45, 2.75) is 25.8 Å². The van der Waals surface area contributed by atoms with Crippen LogP contribution in [0, 0.1) is 6.92 Å². The van der Waals surface area contributed by atoms with Gasteiger partial charge in [0.25, 0.3) is 5.91 Å². The number of hydrogen-bond acceptors (Lipinski definition) is 6. The third kappa shape index (κ3) is 4.13. The molecule has 2 heterocycles. The number of likely N-dealkylation sites (N-methyl/N-ethyl adjacent to an activating group) is 1. The van der Waals surface area contributed by atoms with E-state index in [0.29, 0.717) is 29.6 Å². The van der Waals surface area contributed by atoms with Crippen molar-refractivity contribution in [2.75, 3.05) is 39.3 Å². The highest BCUT2D eigenvalue weighted by Gasteiger charge is 2.28. The van der Waals surface area contributed by atoms with E-state index in [9.17, 15) is 4.79 Å². The molecule has 1 aliphatic rings. The Hall–Kier alpha value is -2.83. The second-order valence-electron chi connectivity index (χ2n) is 6.79. The Kier molecular flexibility index (Phi) is 5.78. The molecule has 0 bridgehead atoms. The number of aryl methyl sites for hydroxylation is 1. The first-order valence-corrected chi connectivity index (χ1v) is 9.06. The molecule has 1 amide bonds. The molecule has 7 heteroatoms. The van der Waals surface area contributed by atoms with Crippen LogP contribution in [0.3, 0.4) is 0 Å². The average molecular weight is 370 g/mol. The van der Waals surface area contributed by atoms with Gasteiger partial charge >= 0.3 is 0 Å². The standard InChI is InChI=1S/C20H26N4O3/c1-14-11-21-20(22-12-14)23(2)16-6-5-9-24(13-16)19(25)15-7-8-17(26-3)18(10-15)27-4/h7-8,10-12,16H,5-6,9,13H2,1-4H3. The maximum Gasteiger partial charge on any atom is 0.254 e. The molecule has 2 aromatic rings. The summed E-state index contributed by atoms with van der Waals surface area (Å²) in [6, 6.07) is 5.46. The van der Waals surface area contributed by atoms with E-state index in [4.69, 9.17) is 9.47 Å². The Balaban J connectivity index is 1.73. The van der Waals surface area contributed by atoms with Crippen molar-refractivity contribution >= 4 is 11.9 Å². The number of benzene rings is 1. The van der Waals surface area contributed by atoms with Crippen LogP contribution < -0.4 is 14.4 Å². The second-order valence-corrected chi connectivity index (χ2v) is 6.79. The van der Waals surface area contributed by atoms with Crippen LogP contribution in [0.15, 0.2) is 30.6 Å². The van der Waals surface area contributed by atoms with E-state index in [2.05, 4.69) is 14.9 Å². The highest BCUT2D eigenvalue weighted by atomic mass is 16.5. The zero-order valence-electron chi connectivity index (χ0n) is 16.3. The molecule has 0 radical (unpaired) electrons. The van der Waals surface area contributed by atoms with Crippen LogP contribution in [0.5, 0.6) is 11.5 Å². The molecule has 1 atom stereocenters. The number of amides is 1. The van der Waals surface area contributed by atoms with E-state index in [0.717, 1.165) is 24.9 Å². The molecule has 27 heavy (non-hydrogen) atoms. The van der Waals surface area contributed by atoms with Crippen LogP contribution in [0.2, 0.25) is 0 Å². The van der Waals surface area contributed by atoms with E-state index in [-0.39, 0.29) is 11.9 Å². The van der Waals surface area contributed by atoms with Crippen LogP contribution in [-0.2, 0) is 0 Å². The molecular weight excluding hydrogens is 344 g/mol. The number of rotatable bonds is 5. The second kappa shape index (κ2) is 8.24. The van der Waals surface area contributed by atoms with E-state index < -0.39 is 0 Å². The maximum atomic E-state index is 13.0. The number of hydrogen-bond donors (Lipinski definition) is 0. The molecule has 144 valence electrons. The minimum absolute atomic E-state index is 0.00104. The maximum absolute atomic E-state index is 13.0. The minimum atomic E-state index is -0.00104. The predicted octanol–water partition coefficient (Wildman–Crippen LogP) is 2.54. The van der Waals surface area contributed by atoms with Crippen molar-refractivity contribution in [1.82, 2.24) is 14.9 Å². The summed E-state index contributed by atoms with van der Waals surface area (Å²) in [5.74, 6) is 1.86. The first kappa shape index (κ1) is 18.9. The fourth-order valence-electron chi connectivity index (χ4n) is 3.34. The Labute approximate surface area is 159 Å². The number of likely N-dealkylation sites (tertiary alicyclic amines) is 1. The average Bonchev–Trinajstić information content (AvgIpc) is 2.72. The van der Waals surface area contributed by atoms with Gasteiger partial charge in [-0.1, -0.05) is 0 Å². The highest BCUT2D eigenvalue weighted by Crippen LogP contribution is 2.29. The smallest absolute Gasteiger partial charge is 0.254 e. The SMILES string of the molecule is COc1ccc(C(=O)N2CCCC(N(C)c3ncc(C)cn3)C2)cc1OC. The quantitative estimate of drug-likeness (QED) is 0.806. The number of ether oxygens (including phenoxy) is 2. The number of carbonyl (C=O) groups excluding carboxylic acids is 1. The van der Waals surface area contributed by atoms with Gasteiger partial charge in [-0.05, 0) is 43.5 Å². The topological polar surface area (TPSA) is 67.8 Å². The third-order valence-corrected chi connectivity index (χ3v) is 4.94.